The molecule has 0 radical (unpaired) electrons. The Kier molecular flexibility index (Phi) is 10.8. The fraction of sp³-hybridized carbons (Fsp3) is 0.526. The fourth-order valence-corrected chi connectivity index (χ4v) is 2.55. The number of guanidine groups is 1. The highest BCUT2D eigenvalue weighted by molar-refractivity contribution is 14.0. The van der Waals surface area contributed by atoms with Crippen LogP contribution in [-0.4, -0.2) is 48.3 Å². The molecule has 0 aliphatic carbocycles. The highest BCUT2D eigenvalue weighted by Gasteiger charge is 2.10. The molecule has 29 heavy (non-hydrogen) atoms. The van der Waals surface area contributed by atoms with Gasteiger partial charge in [0.2, 0.25) is 5.89 Å². The first-order valence-electron chi connectivity index (χ1n) is 9.17. The van der Waals surface area contributed by atoms with Crippen LogP contribution in [0, 0.1) is 0 Å². The van der Waals surface area contributed by atoms with Crippen LogP contribution in [0.4, 0.5) is 8.78 Å². The molecule has 0 unspecified atom stereocenters. The van der Waals surface area contributed by atoms with Gasteiger partial charge < -0.3 is 19.5 Å². The number of hydrogen-bond acceptors (Lipinski definition) is 5. The summed E-state index contributed by atoms with van der Waals surface area (Å²) in [5.41, 5.74) is 0.958. The van der Waals surface area contributed by atoms with Crippen molar-refractivity contribution in [2.75, 3.05) is 20.6 Å². The zero-order valence-corrected chi connectivity index (χ0v) is 19.4. The third kappa shape index (κ3) is 8.50. The van der Waals surface area contributed by atoms with Crippen LogP contribution in [0.25, 0.3) is 0 Å². The number of nitrogens with one attached hydrogen (secondary N) is 1. The van der Waals surface area contributed by atoms with E-state index in [0.29, 0.717) is 25.4 Å². The van der Waals surface area contributed by atoms with Crippen molar-refractivity contribution in [3.63, 3.8) is 0 Å². The number of aryl methyl sites for hydroxylation is 1. The molecule has 0 aliphatic rings. The molecule has 0 saturated carbocycles. The summed E-state index contributed by atoms with van der Waals surface area (Å²) in [6.07, 6.45) is 1.52. The van der Waals surface area contributed by atoms with Gasteiger partial charge in [0.25, 0.3) is 0 Å². The molecule has 7 nitrogen and oxygen atoms in total. The monoisotopic (exact) mass is 523 g/mol. The smallest absolute Gasteiger partial charge is 0.387 e. The van der Waals surface area contributed by atoms with Gasteiger partial charge in [-0.05, 0) is 24.1 Å². The van der Waals surface area contributed by atoms with Gasteiger partial charge in [-0.3, -0.25) is 4.99 Å². The summed E-state index contributed by atoms with van der Waals surface area (Å²) in [7, 11) is 3.62. The Balaban J connectivity index is 0.00000420. The van der Waals surface area contributed by atoms with Crippen LogP contribution in [0.3, 0.4) is 0 Å². The quantitative estimate of drug-likeness (QED) is 0.232. The maximum absolute atomic E-state index is 12.2. The summed E-state index contributed by atoms with van der Waals surface area (Å²) in [5, 5.41) is 7.24. The average Bonchev–Trinajstić information content (AvgIpc) is 3.12. The number of rotatable bonds is 9. The van der Waals surface area contributed by atoms with Crippen molar-refractivity contribution in [1.29, 1.82) is 0 Å². The molecule has 1 heterocycles. The lowest BCUT2D eigenvalue weighted by atomic mass is 10.2. The van der Waals surface area contributed by atoms with Crippen molar-refractivity contribution in [2.24, 2.45) is 4.99 Å². The maximum atomic E-state index is 12.2. The van der Waals surface area contributed by atoms with E-state index in [1.165, 1.54) is 12.1 Å². The largest absolute Gasteiger partial charge is 0.435 e. The van der Waals surface area contributed by atoms with Crippen molar-refractivity contribution >= 4 is 29.9 Å². The first-order chi connectivity index (χ1) is 13.4. The Morgan fingerprint density at radius 3 is 2.52 bits per heavy atom. The maximum Gasteiger partial charge on any atom is 0.387 e. The zero-order chi connectivity index (χ0) is 20.5. The Morgan fingerprint density at radius 1 is 1.28 bits per heavy atom. The van der Waals surface area contributed by atoms with Gasteiger partial charge in [-0.25, -0.2) is 0 Å². The van der Waals surface area contributed by atoms with E-state index in [9.17, 15) is 8.78 Å². The highest BCUT2D eigenvalue weighted by atomic mass is 127. The van der Waals surface area contributed by atoms with Gasteiger partial charge in [-0.2, -0.15) is 13.8 Å². The number of alkyl halides is 2. The molecule has 162 valence electrons. The SMILES string of the molecule is CN=C(NCCCc1nc(C(C)C)no1)N(C)Cc1ccc(OC(F)F)cc1.I. The predicted octanol–water partition coefficient (Wildman–Crippen LogP) is 4.05. The average molecular weight is 523 g/mol. The Labute approximate surface area is 186 Å². The van der Waals surface area contributed by atoms with Crippen molar-refractivity contribution in [1.82, 2.24) is 20.4 Å². The van der Waals surface area contributed by atoms with Gasteiger partial charge in [-0.1, -0.05) is 31.1 Å². The summed E-state index contributed by atoms with van der Waals surface area (Å²) < 4.78 is 34.0. The summed E-state index contributed by atoms with van der Waals surface area (Å²) in [6, 6.07) is 6.56. The molecule has 1 aromatic carbocycles. The minimum atomic E-state index is -2.82. The van der Waals surface area contributed by atoms with Crippen LogP contribution in [0.5, 0.6) is 5.75 Å². The standard InChI is InChI=1S/C19H27F2N5O2.HI/c1-13(2)17-24-16(28-25-17)6-5-11-23-19(22-3)26(4)12-14-7-9-15(10-8-14)27-18(20)21;/h7-10,13,18H,5-6,11-12H2,1-4H3,(H,22,23);1H. The molecular weight excluding hydrogens is 495 g/mol. The minimum Gasteiger partial charge on any atom is -0.435 e. The number of aromatic nitrogens is 2. The second-order valence-electron chi connectivity index (χ2n) is 6.66. The van der Waals surface area contributed by atoms with Crippen molar-refractivity contribution in [3.05, 3.63) is 41.5 Å². The molecule has 1 aromatic heterocycles. The first kappa shape index (κ1) is 25.1. The second-order valence-corrected chi connectivity index (χ2v) is 6.66. The van der Waals surface area contributed by atoms with Crippen LogP contribution in [-0.2, 0) is 13.0 Å². The lowest BCUT2D eigenvalue weighted by molar-refractivity contribution is -0.0498. The molecule has 0 aliphatic heterocycles. The van der Waals surface area contributed by atoms with E-state index in [2.05, 4.69) is 25.2 Å². The summed E-state index contributed by atoms with van der Waals surface area (Å²) in [5.74, 6) is 2.49. The fourth-order valence-electron chi connectivity index (χ4n) is 2.55. The summed E-state index contributed by atoms with van der Waals surface area (Å²) >= 11 is 0. The van der Waals surface area contributed by atoms with Crippen molar-refractivity contribution in [3.8, 4) is 5.75 Å². The number of nitrogens with zero attached hydrogens (tertiary/aromatic N) is 4. The molecule has 2 aromatic rings. The van der Waals surface area contributed by atoms with Crippen LogP contribution in [0.15, 0.2) is 33.8 Å². The van der Waals surface area contributed by atoms with Crippen molar-refractivity contribution < 1.29 is 18.0 Å². The van der Waals surface area contributed by atoms with Crippen LogP contribution in [0.2, 0.25) is 0 Å². The van der Waals surface area contributed by atoms with Crippen LogP contribution < -0.4 is 10.1 Å². The molecular formula is C19H28F2IN5O2. The Bertz CT molecular complexity index is 753. The minimum absolute atomic E-state index is 0. The molecule has 2 rings (SSSR count). The Morgan fingerprint density at radius 2 is 1.97 bits per heavy atom. The molecule has 0 amide bonds. The molecule has 1 N–H and O–H groups in total. The van der Waals surface area contributed by atoms with E-state index in [1.54, 1.807) is 19.2 Å². The lowest BCUT2D eigenvalue weighted by Gasteiger charge is -2.22. The molecule has 0 fully saturated rings. The molecule has 0 spiro atoms. The van der Waals surface area contributed by atoms with Gasteiger partial charge in [0, 0.05) is 39.5 Å². The highest BCUT2D eigenvalue weighted by Crippen LogP contribution is 2.16. The third-order valence-electron chi connectivity index (χ3n) is 3.99. The van der Waals surface area contributed by atoms with E-state index >= 15 is 0 Å². The zero-order valence-electron chi connectivity index (χ0n) is 17.1. The number of aliphatic imine (C=N–C) groups is 1. The predicted molar refractivity (Wildman–Crippen MR) is 118 cm³/mol. The van der Waals surface area contributed by atoms with E-state index in [1.807, 2.05) is 25.8 Å². The van der Waals surface area contributed by atoms with Gasteiger partial charge >= 0.3 is 6.61 Å². The van der Waals surface area contributed by atoms with Crippen molar-refractivity contribution in [2.45, 2.75) is 45.8 Å². The third-order valence-corrected chi connectivity index (χ3v) is 3.99. The van der Waals surface area contributed by atoms with Gasteiger partial charge in [0.05, 0.1) is 0 Å². The summed E-state index contributed by atoms with van der Waals surface area (Å²) in [4.78, 5) is 10.6. The first-order valence-corrected chi connectivity index (χ1v) is 9.17. The lowest BCUT2D eigenvalue weighted by Crippen LogP contribution is -2.39. The van der Waals surface area contributed by atoms with E-state index in [0.717, 1.165) is 23.8 Å². The second kappa shape index (κ2) is 12.6. The van der Waals surface area contributed by atoms with E-state index in [-0.39, 0.29) is 35.6 Å². The van der Waals surface area contributed by atoms with Gasteiger partial charge in [-0.15, -0.1) is 24.0 Å². The number of halogens is 3. The topological polar surface area (TPSA) is 75.8 Å². The normalized spacial score (nSPS) is 11.5. The summed E-state index contributed by atoms with van der Waals surface area (Å²) in [6.45, 7) is 2.51. The number of hydrogen-bond donors (Lipinski definition) is 1. The van der Waals surface area contributed by atoms with E-state index in [4.69, 9.17) is 4.52 Å². The van der Waals surface area contributed by atoms with Crippen LogP contribution >= 0.6 is 24.0 Å². The van der Waals surface area contributed by atoms with Gasteiger partial charge in [0.15, 0.2) is 11.8 Å². The van der Waals surface area contributed by atoms with Crippen LogP contribution in [0.1, 0.15) is 43.5 Å². The molecule has 0 atom stereocenters. The molecule has 10 heteroatoms. The molecule has 0 saturated heterocycles. The van der Waals surface area contributed by atoms with E-state index < -0.39 is 6.61 Å². The number of ether oxygens (including phenoxy) is 1. The number of benzene rings is 1. The Hall–Kier alpha value is -1.98. The molecule has 0 bridgehead atoms. The van der Waals surface area contributed by atoms with Gasteiger partial charge in [0.1, 0.15) is 5.75 Å².